The largest absolute Gasteiger partial charge is 0.481 e. The van der Waals surface area contributed by atoms with Crippen LogP contribution in [-0.2, 0) is 22.4 Å². The average molecular weight is 284 g/mol. The summed E-state index contributed by atoms with van der Waals surface area (Å²) in [5.41, 5.74) is 0. The van der Waals surface area contributed by atoms with Gasteiger partial charge in [0.05, 0.1) is 12.8 Å². The first-order valence-electron chi connectivity index (χ1n) is 5.49. The smallest absolute Gasteiger partial charge is 0.303 e. The number of rotatable bonds is 6. The van der Waals surface area contributed by atoms with Crippen LogP contribution in [0, 0.1) is 0 Å². The predicted octanol–water partition coefficient (Wildman–Crippen LogP) is 3.00. The normalized spacial score (nSPS) is 10.9. The SMILES string of the molecule is O=C(O)CCc1cc2sc(CCC(=O)O)cc2s1. The second-order valence-electron chi connectivity index (χ2n) is 3.94. The van der Waals surface area contributed by atoms with Crippen LogP contribution in [0.25, 0.3) is 9.40 Å². The Morgan fingerprint density at radius 1 is 0.889 bits per heavy atom. The fraction of sp³-hybridized carbons (Fsp3) is 0.333. The minimum atomic E-state index is -0.783. The van der Waals surface area contributed by atoms with Gasteiger partial charge in [-0.2, -0.15) is 0 Å². The molecule has 0 spiro atoms. The van der Waals surface area contributed by atoms with Crippen LogP contribution >= 0.6 is 22.7 Å². The van der Waals surface area contributed by atoms with Crippen LogP contribution in [0.2, 0.25) is 0 Å². The average Bonchev–Trinajstić information content (AvgIpc) is 2.80. The molecule has 0 aliphatic carbocycles. The third kappa shape index (κ3) is 3.30. The van der Waals surface area contributed by atoms with E-state index in [0.717, 1.165) is 19.2 Å². The topological polar surface area (TPSA) is 74.6 Å². The van der Waals surface area contributed by atoms with Gasteiger partial charge in [-0.1, -0.05) is 0 Å². The summed E-state index contributed by atoms with van der Waals surface area (Å²) in [6.45, 7) is 0. The van der Waals surface area contributed by atoms with Gasteiger partial charge in [-0.25, -0.2) is 0 Å². The summed E-state index contributed by atoms with van der Waals surface area (Å²) in [5, 5.41) is 17.2. The van der Waals surface area contributed by atoms with E-state index in [9.17, 15) is 9.59 Å². The van der Waals surface area contributed by atoms with E-state index in [-0.39, 0.29) is 12.8 Å². The van der Waals surface area contributed by atoms with Gasteiger partial charge in [-0.15, -0.1) is 22.7 Å². The summed E-state index contributed by atoms with van der Waals surface area (Å²) in [5.74, 6) is -1.57. The lowest BCUT2D eigenvalue weighted by Crippen LogP contribution is -1.95. The van der Waals surface area contributed by atoms with Crippen molar-refractivity contribution in [1.29, 1.82) is 0 Å². The lowest BCUT2D eigenvalue weighted by molar-refractivity contribution is -0.137. The third-order valence-electron chi connectivity index (χ3n) is 2.48. The van der Waals surface area contributed by atoms with Crippen molar-refractivity contribution in [2.45, 2.75) is 25.7 Å². The maximum absolute atomic E-state index is 10.5. The number of carbonyl (C=O) groups is 2. The maximum Gasteiger partial charge on any atom is 0.303 e. The Morgan fingerprint density at radius 3 is 1.61 bits per heavy atom. The second-order valence-corrected chi connectivity index (χ2v) is 6.28. The van der Waals surface area contributed by atoms with Crippen LogP contribution in [-0.4, -0.2) is 22.2 Å². The number of hydrogen-bond acceptors (Lipinski definition) is 4. The molecule has 2 aromatic rings. The zero-order valence-corrected chi connectivity index (χ0v) is 11.1. The van der Waals surface area contributed by atoms with E-state index in [2.05, 4.69) is 0 Å². The lowest BCUT2D eigenvalue weighted by Gasteiger charge is -1.92. The summed E-state index contributed by atoms with van der Waals surface area (Å²) >= 11 is 3.19. The molecule has 0 amide bonds. The molecule has 4 nitrogen and oxygen atoms in total. The quantitative estimate of drug-likeness (QED) is 0.855. The molecule has 18 heavy (non-hydrogen) atoms. The number of thiophene rings is 2. The highest BCUT2D eigenvalue weighted by Gasteiger charge is 2.09. The molecule has 0 saturated carbocycles. The number of carboxylic acid groups (broad SMARTS) is 2. The van der Waals surface area contributed by atoms with Gasteiger partial charge in [0.1, 0.15) is 0 Å². The van der Waals surface area contributed by atoms with E-state index in [1.807, 2.05) is 12.1 Å². The van der Waals surface area contributed by atoms with Crippen LogP contribution < -0.4 is 0 Å². The first-order valence-corrected chi connectivity index (χ1v) is 7.12. The molecule has 0 atom stereocenters. The van der Waals surface area contributed by atoms with Gasteiger partial charge in [0.15, 0.2) is 0 Å². The summed E-state index contributed by atoms with van der Waals surface area (Å²) in [6, 6.07) is 4.02. The Morgan fingerprint density at radius 2 is 1.28 bits per heavy atom. The molecule has 0 aliphatic heterocycles. The van der Waals surface area contributed by atoms with Gasteiger partial charge < -0.3 is 10.2 Å². The van der Waals surface area contributed by atoms with Crippen LogP contribution in [0.5, 0.6) is 0 Å². The van der Waals surface area contributed by atoms with Crippen LogP contribution in [0.3, 0.4) is 0 Å². The molecule has 2 N–H and O–H groups in total. The van der Waals surface area contributed by atoms with Gasteiger partial charge in [-0.05, 0) is 25.0 Å². The summed E-state index contributed by atoms with van der Waals surface area (Å²) < 4.78 is 2.25. The molecule has 0 aliphatic rings. The Hall–Kier alpha value is -1.40. The van der Waals surface area contributed by atoms with Crippen LogP contribution in [0.1, 0.15) is 22.6 Å². The monoisotopic (exact) mass is 284 g/mol. The predicted molar refractivity (Wildman–Crippen MR) is 71.6 cm³/mol. The van der Waals surface area contributed by atoms with Crippen LogP contribution in [0.15, 0.2) is 12.1 Å². The Kier molecular flexibility index (Phi) is 3.98. The molecule has 2 rings (SSSR count). The highest BCUT2D eigenvalue weighted by atomic mass is 32.1. The van der Waals surface area contributed by atoms with Gasteiger partial charge in [0.25, 0.3) is 0 Å². The highest BCUT2D eigenvalue weighted by Crippen LogP contribution is 2.34. The van der Waals surface area contributed by atoms with E-state index < -0.39 is 11.9 Å². The molecule has 0 bridgehead atoms. The number of carboxylic acids is 2. The number of fused-ring (bicyclic) bond motifs is 1. The maximum atomic E-state index is 10.5. The molecule has 2 aromatic heterocycles. The molecule has 0 aromatic carbocycles. The van der Waals surface area contributed by atoms with Crippen molar-refractivity contribution in [2.75, 3.05) is 0 Å². The number of hydrogen-bond donors (Lipinski definition) is 2. The van der Waals surface area contributed by atoms with Crippen molar-refractivity contribution < 1.29 is 19.8 Å². The van der Waals surface area contributed by atoms with E-state index in [4.69, 9.17) is 10.2 Å². The molecular formula is C12H12O4S2. The molecular weight excluding hydrogens is 272 g/mol. The Balaban J connectivity index is 2.05. The van der Waals surface area contributed by atoms with Gasteiger partial charge >= 0.3 is 11.9 Å². The van der Waals surface area contributed by atoms with E-state index in [0.29, 0.717) is 12.8 Å². The first-order chi connectivity index (χ1) is 8.54. The zero-order valence-electron chi connectivity index (χ0n) is 9.51. The van der Waals surface area contributed by atoms with Crippen molar-refractivity contribution in [1.82, 2.24) is 0 Å². The van der Waals surface area contributed by atoms with Crippen molar-refractivity contribution >= 4 is 44.0 Å². The van der Waals surface area contributed by atoms with Crippen molar-refractivity contribution in [3.05, 3.63) is 21.9 Å². The van der Waals surface area contributed by atoms with E-state index in [1.165, 1.54) is 0 Å². The van der Waals surface area contributed by atoms with Crippen molar-refractivity contribution in [2.24, 2.45) is 0 Å². The molecule has 0 radical (unpaired) electrons. The van der Waals surface area contributed by atoms with Gasteiger partial charge in [-0.3, -0.25) is 9.59 Å². The Labute approximate surface area is 111 Å². The fourth-order valence-electron chi connectivity index (χ4n) is 1.64. The molecule has 6 heteroatoms. The summed E-state index contributed by atoms with van der Waals surface area (Å²) in [4.78, 5) is 23.1. The van der Waals surface area contributed by atoms with Gasteiger partial charge in [0.2, 0.25) is 0 Å². The van der Waals surface area contributed by atoms with E-state index in [1.54, 1.807) is 22.7 Å². The summed E-state index contributed by atoms with van der Waals surface area (Å²) in [7, 11) is 0. The standard InChI is InChI=1S/C12H12O4S2/c13-11(14)3-1-7-5-9-10(17-7)6-8(18-9)2-4-12(15)16/h5-6H,1-4H2,(H,13,14)(H,15,16). The lowest BCUT2D eigenvalue weighted by atomic mass is 10.2. The third-order valence-corrected chi connectivity index (χ3v) is 4.89. The van der Waals surface area contributed by atoms with Crippen LogP contribution in [0.4, 0.5) is 0 Å². The van der Waals surface area contributed by atoms with Crippen molar-refractivity contribution in [3.8, 4) is 0 Å². The summed E-state index contributed by atoms with van der Waals surface area (Å²) in [6.07, 6.45) is 1.43. The fourth-order valence-corrected chi connectivity index (χ4v) is 4.09. The zero-order chi connectivity index (χ0) is 13.1. The minimum absolute atomic E-state index is 0.152. The second kappa shape index (κ2) is 5.49. The number of aryl methyl sites for hydroxylation is 2. The van der Waals surface area contributed by atoms with Crippen molar-refractivity contribution in [3.63, 3.8) is 0 Å². The molecule has 0 fully saturated rings. The first kappa shape index (κ1) is 13.0. The molecule has 2 heterocycles. The minimum Gasteiger partial charge on any atom is -0.481 e. The Bertz CT molecular complexity index is 503. The van der Waals surface area contributed by atoms with Gasteiger partial charge in [0, 0.05) is 19.2 Å². The molecule has 0 saturated heterocycles. The highest BCUT2D eigenvalue weighted by molar-refractivity contribution is 7.27. The molecule has 0 unspecified atom stereocenters. The van der Waals surface area contributed by atoms with E-state index >= 15 is 0 Å². The number of aliphatic carboxylic acids is 2. The molecule has 96 valence electrons.